The van der Waals surface area contributed by atoms with E-state index in [4.69, 9.17) is 4.52 Å². The molecule has 29 heavy (non-hydrogen) atoms. The maximum absolute atomic E-state index is 13.2. The average Bonchev–Trinajstić information content (AvgIpc) is 3.23. The molecule has 1 atom stereocenters. The molecule has 5 heteroatoms. The van der Waals surface area contributed by atoms with E-state index < -0.39 is 5.41 Å². The van der Waals surface area contributed by atoms with Crippen molar-refractivity contribution in [2.45, 2.75) is 64.3 Å². The lowest BCUT2D eigenvalue weighted by molar-refractivity contribution is -0.135. The van der Waals surface area contributed by atoms with Crippen molar-refractivity contribution in [3.8, 4) is 11.3 Å². The van der Waals surface area contributed by atoms with E-state index in [1.165, 1.54) is 32.1 Å². The Morgan fingerprint density at radius 1 is 1.21 bits per heavy atom. The highest BCUT2D eigenvalue weighted by Gasteiger charge is 2.44. The van der Waals surface area contributed by atoms with Crippen LogP contribution in [0, 0.1) is 5.41 Å². The maximum atomic E-state index is 13.2. The first-order chi connectivity index (χ1) is 14.2. The molecular weight excluding hydrogens is 362 g/mol. The number of likely N-dealkylation sites (tertiary alicyclic amines) is 1. The van der Waals surface area contributed by atoms with Gasteiger partial charge < -0.3 is 9.84 Å². The Morgan fingerprint density at radius 3 is 2.76 bits per heavy atom. The maximum Gasteiger partial charge on any atom is 0.227 e. The molecule has 5 nitrogen and oxygen atoms in total. The molecule has 2 aromatic rings. The lowest BCUT2D eigenvalue weighted by Gasteiger charge is -2.45. The van der Waals surface area contributed by atoms with Crippen LogP contribution in [0.25, 0.3) is 11.3 Å². The summed E-state index contributed by atoms with van der Waals surface area (Å²) in [5.41, 5.74) is 1.45. The van der Waals surface area contributed by atoms with Crippen molar-refractivity contribution in [3.05, 3.63) is 42.2 Å². The monoisotopic (exact) mass is 395 g/mol. The fourth-order valence-corrected chi connectivity index (χ4v) is 5.16. The van der Waals surface area contributed by atoms with E-state index in [0.717, 1.165) is 42.9 Å². The predicted octanol–water partition coefficient (Wildman–Crippen LogP) is 4.44. The van der Waals surface area contributed by atoms with Crippen LogP contribution in [0.3, 0.4) is 0 Å². The molecule has 156 valence electrons. The Labute approximate surface area is 173 Å². The van der Waals surface area contributed by atoms with E-state index >= 15 is 0 Å². The molecule has 1 aromatic heterocycles. The molecule has 1 amide bonds. The zero-order chi connectivity index (χ0) is 20.1. The van der Waals surface area contributed by atoms with Crippen LogP contribution in [0.5, 0.6) is 0 Å². The third-order valence-corrected chi connectivity index (χ3v) is 6.66. The predicted molar refractivity (Wildman–Crippen MR) is 114 cm³/mol. The molecule has 1 aliphatic heterocycles. The van der Waals surface area contributed by atoms with Crippen LogP contribution in [0.15, 0.2) is 40.9 Å². The smallest absolute Gasteiger partial charge is 0.227 e. The van der Waals surface area contributed by atoms with Gasteiger partial charge >= 0.3 is 0 Å². The average molecular weight is 396 g/mol. The van der Waals surface area contributed by atoms with Gasteiger partial charge in [0.2, 0.25) is 5.91 Å². The first-order valence-corrected chi connectivity index (χ1v) is 11.2. The van der Waals surface area contributed by atoms with E-state index in [1.807, 2.05) is 43.3 Å². The molecule has 1 aliphatic carbocycles. The molecule has 0 unspecified atom stereocenters. The van der Waals surface area contributed by atoms with Gasteiger partial charge in [-0.3, -0.25) is 9.69 Å². The number of piperidine rings is 1. The molecular formula is C24H33N3O2. The van der Waals surface area contributed by atoms with E-state index in [9.17, 15) is 4.79 Å². The van der Waals surface area contributed by atoms with Crippen molar-refractivity contribution in [1.29, 1.82) is 0 Å². The molecule has 0 bridgehead atoms. The first-order valence-electron chi connectivity index (χ1n) is 11.2. The van der Waals surface area contributed by atoms with Gasteiger partial charge in [0.25, 0.3) is 0 Å². The summed E-state index contributed by atoms with van der Waals surface area (Å²) in [7, 11) is 0. The minimum atomic E-state index is -0.431. The Balaban J connectivity index is 1.55. The fraction of sp³-hybridized carbons (Fsp3) is 0.583. The zero-order valence-corrected chi connectivity index (χ0v) is 17.5. The number of rotatable bonds is 6. The highest BCUT2D eigenvalue weighted by atomic mass is 16.5. The van der Waals surface area contributed by atoms with Crippen LogP contribution < -0.4 is 5.32 Å². The van der Waals surface area contributed by atoms with Gasteiger partial charge in [-0.1, -0.05) is 54.8 Å². The molecule has 2 aliphatic rings. The Bertz CT molecular complexity index is 797. The van der Waals surface area contributed by atoms with Crippen LogP contribution in [0.1, 0.15) is 57.6 Å². The lowest BCUT2D eigenvalue weighted by Crippen LogP contribution is -2.55. The topological polar surface area (TPSA) is 58.4 Å². The summed E-state index contributed by atoms with van der Waals surface area (Å²) in [6.07, 6.45) is 9.11. The van der Waals surface area contributed by atoms with Crippen molar-refractivity contribution in [3.63, 3.8) is 0 Å². The summed E-state index contributed by atoms with van der Waals surface area (Å²) in [6.45, 7) is 4.59. The molecule has 1 N–H and O–H groups in total. The number of carbonyl (C=O) groups is 1. The fourth-order valence-electron chi connectivity index (χ4n) is 5.16. The molecule has 1 aromatic carbocycles. The summed E-state index contributed by atoms with van der Waals surface area (Å²) in [4.78, 5) is 15.8. The third kappa shape index (κ3) is 4.55. The second-order valence-corrected chi connectivity index (χ2v) is 8.73. The van der Waals surface area contributed by atoms with Gasteiger partial charge in [-0.05, 0) is 39.2 Å². The van der Waals surface area contributed by atoms with Crippen molar-refractivity contribution < 1.29 is 9.32 Å². The normalized spacial score (nSPS) is 23.8. The van der Waals surface area contributed by atoms with Crippen molar-refractivity contribution in [1.82, 2.24) is 15.4 Å². The van der Waals surface area contributed by atoms with Gasteiger partial charge in [-0.15, -0.1) is 0 Å². The summed E-state index contributed by atoms with van der Waals surface area (Å²) < 4.78 is 5.71. The SMILES string of the molecule is CCNC(=O)[C@@]1(Cc2cc(-c3ccccc3)no2)CCCN(C2CCCCC2)C1. The Kier molecular flexibility index (Phi) is 6.34. The van der Waals surface area contributed by atoms with Crippen LogP contribution >= 0.6 is 0 Å². The number of nitrogens with zero attached hydrogens (tertiary/aromatic N) is 2. The molecule has 0 spiro atoms. The third-order valence-electron chi connectivity index (χ3n) is 6.66. The van der Waals surface area contributed by atoms with Gasteiger partial charge in [-0.2, -0.15) is 0 Å². The van der Waals surface area contributed by atoms with E-state index in [-0.39, 0.29) is 5.91 Å². The number of amides is 1. The standard InChI is InChI=1S/C24H33N3O2/c1-2-25-23(28)24(14-9-15-27(18-24)20-12-7-4-8-13-20)17-21-16-22(26-29-21)19-10-5-3-6-11-19/h3,5-6,10-11,16,20H,2,4,7-9,12-15,17-18H2,1H3,(H,25,28)/t24-/m1/s1. The largest absolute Gasteiger partial charge is 0.361 e. The minimum Gasteiger partial charge on any atom is -0.361 e. The van der Waals surface area contributed by atoms with E-state index in [2.05, 4.69) is 15.4 Å². The summed E-state index contributed by atoms with van der Waals surface area (Å²) in [5, 5.41) is 7.39. The lowest BCUT2D eigenvalue weighted by atomic mass is 9.74. The second kappa shape index (κ2) is 9.12. The number of nitrogens with one attached hydrogen (secondary N) is 1. The number of aromatic nitrogens is 1. The van der Waals surface area contributed by atoms with Crippen LogP contribution in [0.4, 0.5) is 0 Å². The quantitative estimate of drug-likeness (QED) is 0.786. The van der Waals surface area contributed by atoms with E-state index in [0.29, 0.717) is 19.0 Å². The van der Waals surface area contributed by atoms with Gasteiger partial charge in [0.15, 0.2) is 0 Å². The molecule has 2 heterocycles. The highest BCUT2D eigenvalue weighted by molar-refractivity contribution is 5.83. The van der Waals surface area contributed by atoms with Crippen molar-refractivity contribution in [2.24, 2.45) is 5.41 Å². The van der Waals surface area contributed by atoms with Crippen molar-refractivity contribution in [2.75, 3.05) is 19.6 Å². The van der Waals surface area contributed by atoms with Crippen LogP contribution in [0.2, 0.25) is 0 Å². The van der Waals surface area contributed by atoms with Crippen LogP contribution in [-0.2, 0) is 11.2 Å². The molecule has 2 fully saturated rings. The zero-order valence-electron chi connectivity index (χ0n) is 17.5. The van der Waals surface area contributed by atoms with Gasteiger partial charge in [0.05, 0.1) is 5.41 Å². The number of hydrogen-bond donors (Lipinski definition) is 1. The second-order valence-electron chi connectivity index (χ2n) is 8.73. The molecule has 4 rings (SSSR count). The number of carbonyl (C=O) groups excluding carboxylic acids is 1. The Morgan fingerprint density at radius 2 is 2.00 bits per heavy atom. The summed E-state index contributed by atoms with van der Waals surface area (Å²) in [6, 6.07) is 12.7. The molecule has 1 saturated carbocycles. The minimum absolute atomic E-state index is 0.165. The highest BCUT2D eigenvalue weighted by Crippen LogP contribution is 2.37. The summed E-state index contributed by atoms with van der Waals surface area (Å²) in [5.74, 6) is 0.971. The van der Waals surface area contributed by atoms with Gasteiger partial charge in [-0.25, -0.2) is 0 Å². The Hall–Kier alpha value is -2.14. The first kappa shape index (κ1) is 20.1. The number of hydrogen-bond acceptors (Lipinski definition) is 4. The van der Waals surface area contributed by atoms with Gasteiger partial charge in [0, 0.05) is 37.2 Å². The van der Waals surface area contributed by atoms with Crippen LogP contribution in [-0.4, -0.2) is 41.6 Å². The summed E-state index contributed by atoms with van der Waals surface area (Å²) >= 11 is 0. The number of benzene rings is 1. The van der Waals surface area contributed by atoms with Crippen molar-refractivity contribution >= 4 is 5.91 Å². The van der Waals surface area contributed by atoms with Gasteiger partial charge in [0.1, 0.15) is 11.5 Å². The molecule has 0 radical (unpaired) electrons. The molecule has 1 saturated heterocycles. The van der Waals surface area contributed by atoms with E-state index in [1.54, 1.807) is 0 Å².